The highest BCUT2D eigenvalue weighted by atomic mass is 19.4. The first-order valence-corrected chi connectivity index (χ1v) is 5.34. The zero-order chi connectivity index (χ0) is 13.8. The molecule has 0 atom stereocenters. The van der Waals surface area contributed by atoms with Gasteiger partial charge in [0.25, 0.3) is 5.91 Å². The minimum Gasteiger partial charge on any atom is -0.511 e. The van der Waals surface area contributed by atoms with Crippen LogP contribution in [-0.2, 0) is 4.79 Å². The van der Waals surface area contributed by atoms with Gasteiger partial charge in [-0.3, -0.25) is 4.79 Å². The van der Waals surface area contributed by atoms with Gasteiger partial charge in [0.05, 0.1) is 5.41 Å². The van der Waals surface area contributed by atoms with E-state index in [-0.39, 0.29) is 19.3 Å². The van der Waals surface area contributed by atoms with Crippen LogP contribution in [0, 0.1) is 16.7 Å². The molecule has 3 saturated carbocycles. The lowest BCUT2D eigenvalue weighted by Gasteiger charge is -2.70. The molecule has 0 aliphatic heterocycles. The summed E-state index contributed by atoms with van der Waals surface area (Å²) in [6.07, 6.45) is -4.66. The normalized spacial score (nSPS) is 34.6. The molecular formula is C11H11F3N2O2. The third-order valence-corrected chi connectivity index (χ3v) is 3.71. The van der Waals surface area contributed by atoms with Gasteiger partial charge in [0.1, 0.15) is 11.8 Å². The molecular weight excluding hydrogens is 249 g/mol. The molecule has 0 aromatic rings. The van der Waals surface area contributed by atoms with Crippen LogP contribution in [0.1, 0.15) is 26.2 Å². The Kier molecular flexibility index (Phi) is 2.41. The number of hydrogen-bond donors (Lipinski definition) is 2. The average Bonchev–Trinajstić information content (AvgIpc) is 2.06. The minimum absolute atomic E-state index is 0.140. The lowest BCUT2D eigenvalue weighted by atomic mass is 9.39. The maximum Gasteiger partial charge on any atom is 0.394 e. The van der Waals surface area contributed by atoms with Crippen molar-refractivity contribution in [2.24, 2.45) is 5.41 Å². The molecule has 1 amide bonds. The average molecular weight is 260 g/mol. The van der Waals surface area contributed by atoms with E-state index < -0.39 is 34.4 Å². The van der Waals surface area contributed by atoms with Crippen LogP contribution in [0.4, 0.5) is 13.2 Å². The fraction of sp³-hybridized carbons (Fsp3) is 0.636. The van der Waals surface area contributed by atoms with Crippen molar-refractivity contribution < 1.29 is 23.1 Å². The van der Waals surface area contributed by atoms with E-state index in [4.69, 9.17) is 10.4 Å². The Balaban J connectivity index is 2.00. The number of carbonyl (C=O) groups is 1. The lowest BCUT2D eigenvalue weighted by Crippen LogP contribution is -2.78. The number of aliphatic hydroxyl groups excluding tert-OH is 1. The van der Waals surface area contributed by atoms with Crippen LogP contribution < -0.4 is 5.32 Å². The van der Waals surface area contributed by atoms with E-state index >= 15 is 0 Å². The third kappa shape index (κ3) is 1.55. The molecule has 0 unspecified atom stereocenters. The number of nitrogens with one attached hydrogen (secondary N) is 1. The number of carbonyl (C=O) groups excluding carboxylic acids is 1. The van der Waals surface area contributed by atoms with Crippen LogP contribution in [-0.4, -0.2) is 22.7 Å². The van der Waals surface area contributed by atoms with E-state index in [9.17, 15) is 18.0 Å². The minimum atomic E-state index is -4.24. The Morgan fingerprint density at radius 3 is 2.22 bits per heavy atom. The SMILES string of the molecule is C/C(O)=C(\C#N)C(=O)NC12CC(C(F)(F)F)(C1)C2. The smallest absolute Gasteiger partial charge is 0.394 e. The number of aliphatic hydroxyl groups is 1. The molecule has 0 heterocycles. The second kappa shape index (κ2) is 3.40. The van der Waals surface area contributed by atoms with E-state index in [1.165, 1.54) is 13.0 Å². The van der Waals surface area contributed by atoms with Crippen LogP contribution >= 0.6 is 0 Å². The van der Waals surface area contributed by atoms with Crippen LogP contribution in [0.2, 0.25) is 0 Å². The van der Waals surface area contributed by atoms with Gasteiger partial charge in [-0.1, -0.05) is 0 Å². The molecule has 3 rings (SSSR count). The maximum atomic E-state index is 12.6. The molecule has 0 radical (unpaired) electrons. The molecule has 0 aromatic carbocycles. The predicted octanol–water partition coefficient (Wildman–Crippen LogP) is 1.94. The highest BCUT2D eigenvalue weighted by Gasteiger charge is 2.79. The molecule has 3 aliphatic rings. The van der Waals surface area contributed by atoms with E-state index in [0.29, 0.717) is 0 Å². The molecule has 7 heteroatoms. The molecule has 0 saturated heterocycles. The standard InChI is InChI=1S/C11H11F3N2O2/c1-6(17)7(2-15)8(18)16-10-3-9(4-10,5-10)11(12,13)14/h17H,3-5H2,1H3,(H,16,18)/b7-6-. The first-order valence-electron chi connectivity index (χ1n) is 5.34. The largest absolute Gasteiger partial charge is 0.511 e. The molecule has 18 heavy (non-hydrogen) atoms. The number of nitrogens with zero attached hydrogens (tertiary/aromatic N) is 1. The van der Waals surface area contributed by atoms with Crippen molar-refractivity contribution in [2.45, 2.75) is 37.9 Å². The van der Waals surface area contributed by atoms with E-state index in [1.54, 1.807) is 0 Å². The Morgan fingerprint density at radius 2 is 1.89 bits per heavy atom. The summed E-state index contributed by atoms with van der Waals surface area (Å²) >= 11 is 0. The predicted molar refractivity (Wildman–Crippen MR) is 54.2 cm³/mol. The number of alkyl halides is 3. The molecule has 3 aliphatic carbocycles. The van der Waals surface area contributed by atoms with Gasteiger partial charge in [0, 0.05) is 5.54 Å². The molecule has 3 fully saturated rings. The van der Waals surface area contributed by atoms with Crippen molar-refractivity contribution in [1.29, 1.82) is 5.26 Å². The third-order valence-electron chi connectivity index (χ3n) is 3.71. The van der Waals surface area contributed by atoms with Crippen LogP contribution in [0.5, 0.6) is 0 Å². The van der Waals surface area contributed by atoms with Gasteiger partial charge < -0.3 is 10.4 Å². The van der Waals surface area contributed by atoms with Crippen LogP contribution in [0.3, 0.4) is 0 Å². The Bertz CT molecular complexity index is 464. The van der Waals surface area contributed by atoms with Crippen LogP contribution in [0.15, 0.2) is 11.3 Å². The van der Waals surface area contributed by atoms with Crippen molar-refractivity contribution in [3.8, 4) is 6.07 Å². The van der Waals surface area contributed by atoms with Gasteiger partial charge in [-0.2, -0.15) is 18.4 Å². The Hall–Kier alpha value is -1.71. The quantitative estimate of drug-likeness (QED) is 0.452. The van der Waals surface area contributed by atoms with Gasteiger partial charge in [0.15, 0.2) is 5.57 Å². The number of halogens is 3. The Labute approximate surface area is 101 Å². The number of rotatable bonds is 2. The zero-order valence-corrected chi connectivity index (χ0v) is 9.56. The summed E-state index contributed by atoms with van der Waals surface area (Å²) in [6, 6.07) is 1.52. The molecule has 0 spiro atoms. The zero-order valence-electron chi connectivity index (χ0n) is 9.56. The molecule has 2 N–H and O–H groups in total. The number of allylic oxidation sites excluding steroid dienone is 1. The summed E-state index contributed by atoms with van der Waals surface area (Å²) in [5.41, 5.74) is -2.95. The van der Waals surface area contributed by atoms with Crippen molar-refractivity contribution in [2.75, 3.05) is 0 Å². The van der Waals surface area contributed by atoms with Gasteiger partial charge >= 0.3 is 6.18 Å². The molecule has 2 bridgehead atoms. The Morgan fingerprint density at radius 1 is 1.39 bits per heavy atom. The monoisotopic (exact) mass is 260 g/mol. The van der Waals surface area contributed by atoms with Crippen molar-refractivity contribution in [1.82, 2.24) is 5.32 Å². The van der Waals surface area contributed by atoms with Crippen molar-refractivity contribution in [3.63, 3.8) is 0 Å². The van der Waals surface area contributed by atoms with E-state index in [0.717, 1.165) is 0 Å². The van der Waals surface area contributed by atoms with Gasteiger partial charge in [-0.05, 0) is 26.2 Å². The van der Waals surface area contributed by atoms with Crippen LogP contribution in [0.25, 0.3) is 0 Å². The van der Waals surface area contributed by atoms with Gasteiger partial charge in [-0.25, -0.2) is 0 Å². The summed E-state index contributed by atoms with van der Waals surface area (Å²) < 4.78 is 37.7. The first kappa shape index (κ1) is 12.7. The maximum absolute atomic E-state index is 12.6. The fourth-order valence-electron chi connectivity index (χ4n) is 2.82. The summed E-state index contributed by atoms with van der Waals surface area (Å²) in [5.74, 6) is -1.25. The van der Waals surface area contributed by atoms with Crippen molar-refractivity contribution >= 4 is 5.91 Å². The fourth-order valence-corrected chi connectivity index (χ4v) is 2.82. The van der Waals surface area contributed by atoms with Gasteiger partial charge in [0.2, 0.25) is 0 Å². The first-order chi connectivity index (χ1) is 8.15. The summed E-state index contributed by atoms with van der Waals surface area (Å²) in [5, 5.41) is 20.1. The number of nitriles is 1. The highest BCUT2D eigenvalue weighted by molar-refractivity contribution is 5.98. The van der Waals surface area contributed by atoms with Gasteiger partial charge in [-0.15, -0.1) is 0 Å². The molecule has 98 valence electrons. The highest BCUT2D eigenvalue weighted by Crippen LogP contribution is 2.73. The summed E-state index contributed by atoms with van der Waals surface area (Å²) in [7, 11) is 0. The van der Waals surface area contributed by atoms with E-state index in [1.807, 2.05) is 0 Å². The second-order valence-corrected chi connectivity index (χ2v) is 5.12. The topological polar surface area (TPSA) is 73.1 Å². The number of amides is 1. The number of hydrogen-bond acceptors (Lipinski definition) is 3. The summed E-state index contributed by atoms with van der Waals surface area (Å²) in [4.78, 5) is 11.6. The summed E-state index contributed by atoms with van der Waals surface area (Å²) in [6.45, 7) is 1.18. The lowest BCUT2D eigenvalue weighted by molar-refractivity contribution is -0.337. The van der Waals surface area contributed by atoms with Crippen molar-refractivity contribution in [3.05, 3.63) is 11.3 Å². The molecule has 0 aromatic heterocycles. The second-order valence-electron chi connectivity index (χ2n) is 5.12. The van der Waals surface area contributed by atoms with E-state index in [2.05, 4.69) is 5.32 Å². The molecule has 4 nitrogen and oxygen atoms in total.